The number of piperidine rings is 1. The number of methoxy groups -OCH3 is 1. The molecule has 144 valence electrons. The van der Waals surface area contributed by atoms with E-state index in [9.17, 15) is 4.79 Å². The third-order valence-electron chi connectivity index (χ3n) is 5.46. The number of thioether (sulfide) groups is 1. The summed E-state index contributed by atoms with van der Waals surface area (Å²) in [6.07, 6.45) is 3.55. The number of amides is 1. The molecular weight excluding hydrogens is 412 g/mol. The van der Waals surface area contributed by atoms with Gasteiger partial charge in [-0.05, 0) is 75.9 Å². The van der Waals surface area contributed by atoms with E-state index >= 15 is 0 Å². The van der Waals surface area contributed by atoms with Crippen molar-refractivity contribution in [1.29, 1.82) is 0 Å². The van der Waals surface area contributed by atoms with Crippen LogP contribution < -0.4 is 4.74 Å². The smallest absolute Gasteiger partial charge is 0.282 e. The van der Waals surface area contributed by atoms with Gasteiger partial charge in [-0.2, -0.15) is 0 Å². The second-order valence-corrected chi connectivity index (χ2v) is 9.76. The Bertz CT molecular complexity index is 632. The standard InChI is InChI=1S/C20H29BrN2O2S/c1-14(2)23-13-18(26-20(23)24)12-22-8-6-15(7-9-22)10-16-11-17(25-3)4-5-19(16)21/h4-5,11,14-15,18H,6-10,12-13H2,1-3H3. The van der Waals surface area contributed by atoms with Crippen LogP contribution in [0.25, 0.3) is 0 Å². The SMILES string of the molecule is COc1ccc(Br)c(CC2CCN(CC3CN(C(C)C)C(=O)S3)CC2)c1. The molecule has 0 N–H and O–H groups in total. The molecule has 2 aliphatic rings. The summed E-state index contributed by atoms with van der Waals surface area (Å²) in [4.78, 5) is 16.6. The van der Waals surface area contributed by atoms with Gasteiger partial charge in [-0.1, -0.05) is 27.7 Å². The van der Waals surface area contributed by atoms with E-state index in [1.165, 1.54) is 34.6 Å². The number of carbonyl (C=O) groups is 1. The number of rotatable bonds is 6. The molecule has 2 aliphatic heterocycles. The minimum atomic E-state index is 0.253. The van der Waals surface area contributed by atoms with Crippen LogP contribution in [0, 0.1) is 5.92 Å². The lowest BCUT2D eigenvalue weighted by Gasteiger charge is -2.33. The number of benzene rings is 1. The van der Waals surface area contributed by atoms with Gasteiger partial charge in [0.2, 0.25) is 0 Å². The van der Waals surface area contributed by atoms with Crippen LogP contribution >= 0.6 is 27.7 Å². The first-order chi connectivity index (χ1) is 12.5. The van der Waals surface area contributed by atoms with Crippen LogP contribution in [0.2, 0.25) is 0 Å². The molecule has 0 aromatic heterocycles. The van der Waals surface area contributed by atoms with Crippen molar-refractivity contribution in [3.8, 4) is 5.75 Å². The predicted molar refractivity (Wildman–Crippen MR) is 112 cm³/mol. The van der Waals surface area contributed by atoms with Crippen molar-refractivity contribution in [2.75, 3.05) is 33.3 Å². The van der Waals surface area contributed by atoms with Crippen molar-refractivity contribution in [2.24, 2.45) is 5.92 Å². The lowest BCUT2D eigenvalue weighted by molar-refractivity contribution is 0.176. The molecule has 2 fully saturated rings. The fourth-order valence-electron chi connectivity index (χ4n) is 3.86. The van der Waals surface area contributed by atoms with Crippen LogP contribution in [0.5, 0.6) is 5.75 Å². The Hall–Kier alpha value is -0.720. The monoisotopic (exact) mass is 440 g/mol. The normalized spacial score (nSPS) is 22.4. The summed E-state index contributed by atoms with van der Waals surface area (Å²) in [5.74, 6) is 1.65. The molecule has 0 spiro atoms. The summed E-state index contributed by atoms with van der Waals surface area (Å²) in [5, 5.41) is 0.678. The molecule has 1 amide bonds. The highest BCUT2D eigenvalue weighted by Crippen LogP contribution is 2.31. The molecule has 1 unspecified atom stereocenters. The number of carbonyl (C=O) groups excluding carboxylic acids is 1. The van der Waals surface area contributed by atoms with Gasteiger partial charge >= 0.3 is 0 Å². The van der Waals surface area contributed by atoms with Gasteiger partial charge < -0.3 is 14.5 Å². The molecule has 26 heavy (non-hydrogen) atoms. The van der Waals surface area contributed by atoms with Crippen molar-refractivity contribution in [3.05, 3.63) is 28.2 Å². The van der Waals surface area contributed by atoms with Gasteiger partial charge in [0, 0.05) is 28.9 Å². The Kier molecular flexibility index (Phi) is 6.92. The lowest BCUT2D eigenvalue weighted by atomic mass is 9.90. The van der Waals surface area contributed by atoms with Crippen molar-refractivity contribution < 1.29 is 9.53 Å². The highest BCUT2D eigenvalue weighted by atomic mass is 79.9. The average molecular weight is 441 g/mol. The van der Waals surface area contributed by atoms with Crippen molar-refractivity contribution in [2.45, 2.75) is 44.4 Å². The molecule has 2 heterocycles. The van der Waals surface area contributed by atoms with Crippen LogP contribution in [-0.4, -0.2) is 59.6 Å². The lowest BCUT2D eigenvalue weighted by Crippen LogP contribution is -2.40. The van der Waals surface area contributed by atoms with Gasteiger partial charge in [0.25, 0.3) is 5.24 Å². The third-order valence-corrected chi connectivity index (χ3v) is 7.30. The Labute approximate surface area is 169 Å². The maximum Gasteiger partial charge on any atom is 0.282 e. The second-order valence-electron chi connectivity index (χ2n) is 7.66. The van der Waals surface area contributed by atoms with E-state index in [2.05, 4.69) is 46.8 Å². The highest BCUT2D eigenvalue weighted by Gasteiger charge is 2.33. The number of likely N-dealkylation sites (tertiary alicyclic amines) is 1. The van der Waals surface area contributed by atoms with Crippen LogP contribution in [0.15, 0.2) is 22.7 Å². The van der Waals surface area contributed by atoms with Crippen molar-refractivity contribution in [1.82, 2.24) is 9.80 Å². The molecule has 3 rings (SSSR count). The Morgan fingerprint density at radius 3 is 2.65 bits per heavy atom. The molecule has 1 atom stereocenters. The summed E-state index contributed by atoms with van der Waals surface area (Å²) in [6, 6.07) is 6.54. The number of ether oxygens (including phenoxy) is 1. The zero-order valence-electron chi connectivity index (χ0n) is 15.9. The van der Waals surface area contributed by atoms with Crippen LogP contribution in [0.4, 0.5) is 4.79 Å². The van der Waals surface area contributed by atoms with Gasteiger partial charge in [0.15, 0.2) is 0 Å². The van der Waals surface area contributed by atoms with E-state index in [1.54, 1.807) is 7.11 Å². The first kappa shape index (κ1) is 20.0. The van der Waals surface area contributed by atoms with Crippen LogP contribution in [-0.2, 0) is 6.42 Å². The molecule has 0 radical (unpaired) electrons. The Morgan fingerprint density at radius 2 is 2.04 bits per heavy atom. The van der Waals surface area contributed by atoms with Crippen molar-refractivity contribution >= 4 is 32.9 Å². The number of hydrogen-bond donors (Lipinski definition) is 0. The molecule has 1 aromatic rings. The first-order valence-corrected chi connectivity index (χ1v) is 11.2. The van der Waals surface area contributed by atoms with Gasteiger partial charge in [0.05, 0.1) is 7.11 Å². The minimum absolute atomic E-state index is 0.253. The Balaban J connectivity index is 1.47. The molecule has 0 bridgehead atoms. The molecule has 0 aliphatic carbocycles. The number of nitrogens with zero attached hydrogens (tertiary/aromatic N) is 2. The molecule has 4 nitrogen and oxygen atoms in total. The summed E-state index contributed by atoms with van der Waals surface area (Å²) in [7, 11) is 1.72. The van der Waals surface area contributed by atoms with E-state index in [-0.39, 0.29) is 5.24 Å². The van der Waals surface area contributed by atoms with Crippen molar-refractivity contribution in [3.63, 3.8) is 0 Å². The Morgan fingerprint density at radius 1 is 1.31 bits per heavy atom. The number of hydrogen-bond acceptors (Lipinski definition) is 4. The van der Waals surface area contributed by atoms with Crippen LogP contribution in [0.3, 0.4) is 0 Å². The van der Waals surface area contributed by atoms with Gasteiger partial charge in [0.1, 0.15) is 5.75 Å². The quantitative estimate of drug-likeness (QED) is 0.643. The zero-order chi connectivity index (χ0) is 18.7. The molecule has 2 saturated heterocycles. The van der Waals surface area contributed by atoms with E-state index in [4.69, 9.17) is 4.74 Å². The van der Waals surface area contributed by atoms with Gasteiger partial charge in [-0.25, -0.2) is 0 Å². The molecular formula is C20H29BrN2O2S. The maximum atomic E-state index is 12.1. The van der Waals surface area contributed by atoms with E-state index in [1.807, 2.05) is 11.0 Å². The third kappa shape index (κ3) is 4.96. The van der Waals surface area contributed by atoms with E-state index in [0.29, 0.717) is 11.3 Å². The van der Waals surface area contributed by atoms with E-state index in [0.717, 1.165) is 44.3 Å². The summed E-state index contributed by atoms with van der Waals surface area (Å²) in [6.45, 7) is 8.41. The average Bonchev–Trinajstić information content (AvgIpc) is 2.99. The highest BCUT2D eigenvalue weighted by molar-refractivity contribution is 9.10. The zero-order valence-corrected chi connectivity index (χ0v) is 18.3. The maximum absolute atomic E-state index is 12.1. The minimum Gasteiger partial charge on any atom is -0.497 e. The molecule has 1 aromatic carbocycles. The molecule has 0 saturated carbocycles. The fourth-order valence-corrected chi connectivity index (χ4v) is 5.50. The predicted octanol–water partition coefficient (Wildman–Crippen LogP) is 4.66. The fraction of sp³-hybridized carbons (Fsp3) is 0.650. The van der Waals surface area contributed by atoms with E-state index < -0.39 is 0 Å². The summed E-state index contributed by atoms with van der Waals surface area (Å²) >= 11 is 5.20. The van der Waals surface area contributed by atoms with Gasteiger partial charge in [-0.3, -0.25) is 4.79 Å². The number of halogens is 1. The topological polar surface area (TPSA) is 32.8 Å². The van der Waals surface area contributed by atoms with Gasteiger partial charge in [-0.15, -0.1) is 0 Å². The largest absolute Gasteiger partial charge is 0.497 e. The van der Waals surface area contributed by atoms with Crippen LogP contribution in [0.1, 0.15) is 32.3 Å². The summed E-state index contributed by atoms with van der Waals surface area (Å²) in [5.41, 5.74) is 1.34. The summed E-state index contributed by atoms with van der Waals surface area (Å²) < 4.78 is 6.54. The first-order valence-electron chi connectivity index (χ1n) is 9.48. The molecule has 6 heteroatoms. The second kappa shape index (κ2) is 8.98.